The van der Waals surface area contributed by atoms with E-state index in [0.717, 1.165) is 6.42 Å². The molecule has 0 radical (unpaired) electrons. The van der Waals surface area contributed by atoms with Crippen molar-refractivity contribution < 1.29 is 8.42 Å². The Bertz CT molecular complexity index is 222. The third kappa shape index (κ3) is 6.46. The van der Waals surface area contributed by atoms with Crippen molar-refractivity contribution in [2.45, 2.75) is 19.8 Å². The van der Waals surface area contributed by atoms with Crippen LogP contribution in [0.2, 0.25) is 0 Å². The molecule has 0 amide bonds. The van der Waals surface area contributed by atoms with Gasteiger partial charge in [-0.1, -0.05) is 17.7 Å². The molecule has 0 saturated heterocycles. The van der Waals surface area contributed by atoms with Crippen LogP contribution < -0.4 is 4.72 Å². The minimum absolute atomic E-state index is 0.0975. The molecule has 0 aliphatic carbocycles. The summed E-state index contributed by atoms with van der Waals surface area (Å²) in [5.41, 5.74) is 0. The van der Waals surface area contributed by atoms with E-state index in [-0.39, 0.29) is 10.1 Å². The summed E-state index contributed by atoms with van der Waals surface area (Å²) in [6.45, 7) is 1.92. The quantitative estimate of drug-likeness (QED) is 0.546. The molecule has 0 heterocycles. The highest BCUT2D eigenvalue weighted by Gasteiger charge is 2.05. The van der Waals surface area contributed by atoms with Crippen LogP contribution in [-0.2, 0) is 22.7 Å². The fourth-order valence-corrected chi connectivity index (χ4v) is 2.30. The average molecular weight is 212 g/mol. The van der Waals surface area contributed by atoms with E-state index in [4.69, 9.17) is 0 Å². The van der Waals surface area contributed by atoms with Crippen LogP contribution in [0.1, 0.15) is 19.8 Å². The lowest BCUT2D eigenvalue weighted by molar-refractivity contribution is 0.590. The molecule has 6 heteroatoms. The Labute approximate surface area is 78.0 Å². The predicted molar refractivity (Wildman–Crippen MR) is 51.8 cm³/mol. The van der Waals surface area contributed by atoms with Crippen molar-refractivity contribution in [2.75, 3.05) is 5.75 Å². The smallest absolute Gasteiger partial charge is 0.231 e. The normalized spacial score (nSPS) is 11.0. The number of hydrogen-bond donors (Lipinski definition) is 1. The summed E-state index contributed by atoms with van der Waals surface area (Å²) in [5.74, 6) is 0.0975. The zero-order valence-electron chi connectivity index (χ0n) is 6.16. The lowest BCUT2D eigenvalue weighted by Crippen LogP contribution is -2.29. The van der Waals surface area contributed by atoms with Gasteiger partial charge in [-0.25, -0.2) is 8.42 Å². The number of thiocarbonyl (C=S) groups is 1. The van der Waals surface area contributed by atoms with Crippen LogP contribution in [-0.4, -0.2) is 18.5 Å². The first-order chi connectivity index (χ1) is 4.98. The maximum absolute atomic E-state index is 10.9. The number of rotatable bonds is 4. The molecule has 0 atom stereocenters. The van der Waals surface area contributed by atoms with E-state index in [1.54, 1.807) is 0 Å². The van der Waals surface area contributed by atoms with Crippen molar-refractivity contribution >= 4 is 39.2 Å². The molecule has 0 spiro atoms. The fourth-order valence-electron chi connectivity index (χ4n) is 0.512. The lowest BCUT2D eigenvalue weighted by Gasteiger charge is -2.09. The van der Waals surface area contributed by atoms with Crippen LogP contribution in [0.3, 0.4) is 0 Å². The lowest BCUT2D eigenvalue weighted by atomic mass is 10.4. The summed E-state index contributed by atoms with van der Waals surface area (Å²) in [6.07, 6.45) is 1.47. The van der Waals surface area contributed by atoms with E-state index in [1.165, 1.54) is 0 Å². The zero-order valence-corrected chi connectivity index (χ0v) is 8.61. The maximum Gasteiger partial charge on any atom is 0.231 e. The molecule has 0 bridgehead atoms. The van der Waals surface area contributed by atoms with Crippen LogP contribution in [0.4, 0.5) is 0 Å². The Morgan fingerprint density at radius 1 is 1.64 bits per heavy atom. The van der Waals surface area contributed by atoms with Gasteiger partial charge in [0, 0.05) is 0 Å². The average Bonchev–Trinajstić information content (AvgIpc) is 1.81. The summed E-state index contributed by atoms with van der Waals surface area (Å²) < 4.78 is 23.8. The Balaban J connectivity index is 3.92. The Morgan fingerprint density at radius 3 is 2.55 bits per heavy atom. The minimum atomic E-state index is -3.24. The molecular weight excluding hydrogens is 202 g/mol. The highest BCUT2D eigenvalue weighted by molar-refractivity contribution is 8.03. The number of unbranched alkanes of at least 4 members (excludes halogenated alkanes) is 1. The van der Waals surface area contributed by atoms with Gasteiger partial charge in [0.1, 0.15) is 0 Å². The molecule has 0 saturated carbocycles. The van der Waals surface area contributed by atoms with Crippen LogP contribution in [0.25, 0.3) is 0 Å². The van der Waals surface area contributed by atoms with Crippen LogP contribution in [0.5, 0.6) is 0 Å². The molecular formula is C5H10NO2S3-. The van der Waals surface area contributed by atoms with E-state index in [2.05, 4.69) is 29.6 Å². The van der Waals surface area contributed by atoms with E-state index in [0.29, 0.717) is 6.42 Å². The molecule has 3 nitrogen and oxygen atoms in total. The van der Waals surface area contributed by atoms with Gasteiger partial charge in [-0.05, 0) is 6.42 Å². The van der Waals surface area contributed by atoms with Gasteiger partial charge in [0.2, 0.25) is 10.0 Å². The number of hydrogen-bond acceptors (Lipinski definition) is 4. The van der Waals surface area contributed by atoms with Crippen LogP contribution in [0.15, 0.2) is 0 Å². The molecule has 0 rings (SSSR count). The van der Waals surface area contributed by atoms with Crippen molar-refractivity contribution in [2.24, 2.45) is 0 Å². The Morgan fingerprint density at radius 2 is 2.18 bits per heavy atom. The first-order valence-electron chi connectivity index (χ1n) is 3.19. The van der Waals surface area contributed by atoms with Gasteiger partial charge in [0.05, 0.1) is 5.75 Å². The Kier molecular flexibility index (Phi) is 4.87. The van der Waals surface area contributed by atoms with Gasteiger partial charge in [-0.3, -0.25) is 0 Å². The third-order valence-electron chi connectivity index (χ3n) is 1.01. The largest absolute Gasteiger partial charge is 0.410 e. The number of sulfonamides is 1. The monoisotopic (exact) mass is 212 g/mol. The van der Waals surface area contributed by atoms with Crippen molar-refractivity contribution in [3.63, 3.8) is 0 Å². The first-order valence-corrected chi connectivity index (χ1v) is 5.66. The maximum atomic E-state index is 10.9. The summed E-state index contributed by atoms with van der Waals surface area (Å²) in [6, 6.07) is 0. The van der Waals surface area contributed by atoms with E-state index in [9.17, 15) is 8.42 Å². The molecule has 0 aliphatic rings. The molecule has 11 heavy (non-hydrogen) atoms. The zero-order chi connectivity index (χ0) is 8.91. The van der Waals surface area contributed by atoms with E-state index in [1.807, 2.05) is 6.92 Å². The van der Waals surface area contributed by atoms with Crippen molar-refractivity contribution in [3.05, 3.63) is 0 Å². The van der Waals surface area contributed by atoms with Gasteiger partial charge >= 0.3 is 0 Å². The van der Waals surface area contributed by atoms with Crippen LogP contribution in [0, 0.1) is 0 Å². The van der Waals surface area contributed by atoms with Crippen molar-refractivity contribution in [3.8, 4) is 0 Å². The summed E-state index contributed by atoms with van der Waals surface area (Å²) >= 11 is 8.84. The first kappa shape index (κ1) is 11.1. The second kappa shape index (κ2) is 4.84. The topological polar surface area (TPSA) is 46.2 Å². The van der Waals surface area contributed by atoms with E-state index >= 15 is 0 Å². The standard InChI is InChI=1S/C5H11NO2S3/c1-2-3-4-11(7,8)6-5(9)10/h2-4H2,1H3,(H2,6,9,10)/p-1. The SMILES string of the molecule is CCCCS(=O)(=O)NC(=S)[S-]. The highest BCUT2D eigenvalue weighted by Crippen LogP contribution is 1.92. The molecule has 0 aromatic heterocycles. The minimum Gasteiger partial charge on any atom is -0.410 e. The molecule has 1 N–H and O–H groups in total. The van der Waals surface area contributed by atoms with E-state index < -0.39 is 10.0 Å². The molecule has 0 fully saturated rings. The third-order valence-corrected chi connectivity index (χ3v) is 2.81. The second-order valence-corrected chi connectivity index (χ2v) is 4.98. The summed E-state index contributed by atoms with van der Waals surface area (Å²) in [4.78, 5) is 0. The van der Waals surface area contributed by atoms with Gasteiger partial charge in [0.15, 0.2) is 0 Å². The molecule has 0 aromatic carbocycles. The Hall–Kier alpha value is 0.0600. The highest BCUT2D eigenvalue weighted by atomic mass is 32.2. The van der Waals surface area contributed by atoms with Crippen molar-refractivity contribution in [1.82, 2.24) is 4.72 Å². The second-order valence-electron chi connectivity index (χ2n) is 2.06. The predicted octanol–water partition coefficient (Wildman–Crippen LogP) is 0.538. The van der Waals surface area contributed by atoms with Gasteiger partial charge < -0.3 is 29.6 Å². The van der Waals surface area contributed by atoms with Gasteiger partial charge in [0.25, 0.3) is 0 Å². The summed E-state index contributed by atoms with van der Waals surface area (Å²) in [7, 11) is -3.24. The van der Waals surface area contributed by atoms with Crippen molar-refractivity contribution in [1.29, 1.82) is 0 Å². The molecule has 0 aromatic rings. The summed E-state index contributed by atoms with van der Waals surface area (Å²) in [5, 5.41) is 0. The molecule has 0 unspecified atom stereocenters. The fraction of sp³-hybridized carbons (Fsp3) is 0.800. The van der Waals surface area contributed by atoms with Crippen LogP contribution >= 0.6 is 12.2 Å². The molecule has 0 aliphatic heterocycles. The van der Waals surface area contributed by atoms with Gasteiger partial charge in [-0.2, -0.15) is 0 Å². The van der Waals surface area contributed by atoms with Gasteiger partial charge in [-0.15, -0.1) is 0 Å². The molecule has 66 valence electrons. The number of nitrogens with one attached hydrogen (secondary N) is 1.